The minimum Gasteiger partial charge on any atom is -0.289 e. The number of aliphatic imine (C=N–C) groups is 1. The summed E-state index contributed by atoms with van der Waals surface area (Å²) < 4.78 is 0. The Balaban J connectivity index is 2.08. The summed E-state index contributed by atoms with van der Waals surface area (Å²) >= 11 is 0. The van der Waals surface area contributed by atoms with Gasteiger partial charge in [0.05, 0.1) is 6.54 Å². The zero-order valence-corrected chi connectivity index (χ0v) is 7.51. The monoisotopic (exact) mass is 151 g/mol. The number of nitrogens with zero attached hydrogens (tertiary/aromatic N) is 1. The van der Waals surface area contributed by atoms with Gasteiger partial charge in [0.2, 0.25) is 0 Å². The highest BCUT2D eigenvalue weighted by molar-refractivity contribution is 5.80. The quantitative estimate of drug-likeness (QED) is 0.586. The maximum Gasteiger partial charge on any atom is 0.0576 e. The average Bonchev–Trinajstić information content (AvgIpc) is 2.39. The summed E-state index contributed by atoms with van der Waals surface area (Å²) in [6.07, 6.45) is 8.11. The summed E-state index contributed by atoms with van der Waals surface area (Å²) in [5, 5.41) is 0. The molecular weight excluding hydrogens is 134 g/mol. The summed E-state index contributed by atoms with van der Waals surface area (Å²) in [5.41, 5.74) is 1.44. The maximum atomic E-state index is 4.14. The van der Waals surface area contributed by atoms with Gasteiger partial charge in [0.1, 0.15) is 0 Å². The lowest BCUT2D eigenvalue weighted by Gasteiger charge is -2.02. The molecule has 0 spiro atoms. The second-order valence-corrected chi connectivity index (χ2v) is 3.56. The molecule has 0 saturated carbocycles. The van der Waals surface area contributed by atoms with E-state index in [0.717, 1.165) is 12.5 Å². The first-order valence-electron chi connectivity index (χ1n) is 4.48. The Labute approximate surface area is 69.2 Å². The van der Waals surface area contributed by atoms with Crippen LogP contribution in [0.15, 0.2) is 16.6 Å². The van der Waals surface area contributed by atoms with Crippen molar-refractivity contribution < 1.29 is 0 Å². The molecule has 0 aromatic heterocycles. The molecule has 1 heteroatoms. The molecule has 0 unspecified atom stereocenters. The number of allylic oxidation sites excluding steroid dienone is 1. The van der Waals surface area contributed by atoms with E-state index in [1.54, 1.807) is 0 Å². The van der Waals surface area contributed by atoms with Crippen molar-refractivity contribution >= 4 is 6.21 Å². The topological polar surface area (TPSA) is 12.4 Å². The molecule has 0 aromatic rings. The molecule has 1 aliphatic heterocycles. The van der Waals surface area contributed by atoms with Gasteiger partial charge >= 0.3 is 0 Å². The molecule has 1 aliphatic rings. The van der Waals surface area contributed by atoms with Crippen LogP contribution in [0.5, 0.6) is 0 Å². The Morgan fingerprint density at radius 1 is 1.55 bits per heavy atom. The van der Waals surface area contributed by atoms with Gasteiger partial charge in [0, 0.05) is 6.21 Å². The largest absolute Gasteiger partial charge is 0.289 e. The first-order chi connectivity index (χ1) is 5.29. The Hall–Kier alpha value is -0.590. The molecule has 0 bridgehead atoms. The summed E-state index contributed by atoms with van der Waals surface area (Å²) in [5.74, 6) is 0.842. The number of rotatable bonds is 4. The normalized spacial score (nSPS) is 16.1. The van der Waals surface area contributed by atoms with Crippen LogP contribution in [0.1, 0.15) is 33.1 Å². The standard InChI is InChI=1S/C10H17N/c1-9(2)4-3-5-10-6-7-11-8-10/h6,8-9H,3-5,7H2,1-2H3. The van der Waals surface area contributed by atoms with Crippen LogP contribution in [0, 0.1) is 5.92 Å². The minimum absolute atomic E-state index is 0.842. The third-order valence-electron chi connectivity index (χ3n) is 1.96. The molecule has 0 fully saturated rings. The molecule has 0 aliphatic carbocycles. The van der Waals surface area contributed by atoms with Gasteiger partial charge in [-0.25, -0.2) is 0 Å². The lowest BCUT2D eigenvalue weighted by atomic mass is 10.0. The van der Waals surface area contributed by atoms with Gasteiger partial charge in [-0.1, -0.05) is 26.3 Å². The van der Waals surface area contributed by atoms with E-state index in [9.17, 15) is 0 Å². The van der Waals surface area contributed by atoms with Crippen molar-refractivity contribution in [2.24, 2.45) is 10.9 Å². The van der Waals surface area contributed by atoms with Crippen molar-refractivity contribution in [2.45, 2.75) is 33.1 Å². The highest BCUT2D eigenvalue weighted by Gasteiger charge is 1.99. The van der Waals surface area contributed by atoms with Crippen LogP contribution in [-0.2, 0) is 0 Å². The Morgan fingerprint density at radius 2 is 2.36 bits per heavy atom. The molecule has 0 amide bonds. The van der Waals surface area contributed by atoms with Gasteiger partial charge in [-0.3, -0.25) is 4.99 Å². The van der Waals surface area contributed by atoms with Crippen LogP contribution in [0.3, 0.4) is 0 Å². The zero-order valence-electron chi connectivity index (χ0n) is 7.51. The lowest BCUT2D eigenvalue weighted by Crippen LogP contribution is -1.88. The van der Waals surface area contributed by atoms with E-state index >= 15 is 0 Å². The van der Waals surface area contributed by atoms with E-state index in [4.69, 9.17) is 0 Å². The van der Waals surface area contributed by atoms with Crippen LogP contribution >= 0.6 is 0 Å². The van der Waals surface area contributed by atoms with Gasteiger partial charge in [-0.2, -0.15) is 0 Å². The first kappa shape index (κ1) is 8.51. The second kappa shape index (κ2) is 4.32. The summed E-state index contributed by atoms with van der Waals surface area (Å²) in [6.45, 7) is 5.46. The predicted octanol–water partition coefficient (Wildman–Crippen LogP) is 2.82. The van der Waals surface area contributed by atoms with Crippen molar-refractivity contribution in [1.29, 1.82) is 0 Å². The van der Waals surface area contributed by atoms with E-state index in [1.165, 1.54) is 24.8 Å². The van der Waals surface area contributed by atoms with Crippen molar-refractivity contribution in [2.75, 3.05) is 6.54 Å². The highest BCUT2D eigenvalue weighted by Crippen LogP contribution is 2.12. The molecule has 0 radical (unpaired) electrons. The fourth-order valence-corrected chi connectivity index (χ4v) is 1.27. The zero-order chi connectivity index (χ0) is 8.10. The summed E-state index contributed by atoms with van der Waals surface area (Å²) in [4.78, 5) is 4.14. The molecule has 1 rings (SSSR count). The molecule has 0 N–H and O–H groups in total. The van der Waals surface area contributed by atoms with Crippen molar-refractivity contribution in [3.8, 4) is 0 Å². The molecular formula is C10H17N. The minimum atomic E-state index is 0.842. The smallest absolute Gasteiger partial charge is 0.0576 e. The van der Waals surface area contributed by atoms with Crippen molar-refractivity contribution in [3.63, 3.8) is 0 Å². The number of hydrogen-bond acceptors (Lipinski definition) is 1. The van der Waals surface area contributed by atoms with E-state index in [2.05, 4.69) is 24.9 Å². The van der Waals surface area contributed by atoms with Gasteiger partial charge in [-0.05, 0) is 24.3 Å². The van der Waals surface area contributed by atoms with Crippen molar-refractivity contribution in [3.05, 3.63) is 11.6 Å². The van der Waals surface area contributed by atoms with Crippen LogP contribution < -0.4 is 0 Å². The Bertz CT molecular complexity index is 166. The van der Waals surface area contributed by atoms with Gasteiger partial charge in [-0.15, -0.1) is 0 Å². The van der Waals surface area contributed by atoms with Crippen LogP contribution in [0.25, 0.3) is 0 Å². The summed E-state index contributed by atoms with van der Waals surface area (Å²) in [7, 11) is 0. The third-order valence-corrected chi connectivity index (χ3v) is 1.96. The van der Waals surface area contributed by atoms with E-state index in [1.807, 2.05) is 6.21 Å². The molecule has 11 heavy (non-hydrogen) atoms. The Morgan fingerprint density at radius 3 is 2.91 bits per heavy atom. The van der Waals surface area contributed by atoms with Gasteiger partial charge < -0.3 is 0 Å². The SMILES string of the molecule is CC(C)CCCC1=CCN=C1. The van der Waals surface area contributed by atoms with Gasteiger partial charge in [0.25, 0.3) is 0 Å². The summed E-state index contributed by atoms with van der Waals surface area (Å²) in [6, 6.07) is 0. The molecule has 0 saturated heterocycles. The molecule has 1 heterocycles. The van der Waals surface area contributed by atoms with Crippen molar-refractivity contribution in [1.82, 2.24) is 0 Å². The van der Waals surface area contributed by atoms with E-state index in [-0.39, 0.29) is 0 Å². The van der Waals surface area contributed by atoms with Crippen LogP contribution in [0.2, 0.25) is 0 Å². The lowest BCUT2D eigenvalue weighted by molar-refractivity contribution is 0.558. The predicted molar refractivity (Wildman–Crippen MR) is 50.1 cm³/mol. The molecule has 1 nitrogen and oxygen atoms in total. The molecule has 0 aromatic carbocycles. The fourth-order valence-electron chi connectivity index (χ4n) is 1.27. The Kier molecular flexibility index (Phi) is 3.34. The second-order valence-electron chi connectivity index (χ2n) is 3.56. The third kappa shape index (κ3) is 3.35. The molecule has 62 valence electrons. The average molecular weight is 151 g/mol. The fraction of sp³-hybridized carbons (Fsp3) is 0.700. The van der Waals surface area contributed by atoms with Gasteiger partial charge in [0.15, 0.2) is 0 Å². The van der Waals surface area contributed by atoms with Crippen LogP contribution in [-0.4, -0.2) is 12.8 Å². The highest BCUT2D eigenvalue weighted by atomic mass is 14.7. The number of hydrogen-bond donors (Lipinski definition) is 0. The maximum absolute atomic E-state index is 4.14. The van der Waals surface area contributed by atoms with E-state index < -0.39 is 0 Å². The van der Waals surface area contributed by atoms with Crippen LogP contribution in [0.4, 0.5) is 0 Å². The molecule has 0 atom stereocenters. The van der Waals surface area contributed by atoms with E-state index in [0.29, 0.717) is 0 Å². The first-order valence-corrected chi connectivity index (χ1v) is 4.48.